The van der Waals surface area contributed by atoms with Crippen molar-refractivity contribution in [3.05, 3.63) is 182 Å². The fourth-order valence-electron chi connectivity index (χ4n) is 8.93. The summed E-state index contributed by atoms with van der Waals surface area (Å²) in [5.41, 5.74) is 16.2. The van der Waals surface area contributed by atoms with Crippen molar-refractivity contribution in [2.24, 2.45) is 0 Å². The van der Waals surface area contributed by atoms with E-state index in [-0.39, 0.29) is 0 Å². The molecule has 4 nitrogen and oxygen atoms in total. The van der Waals surface area contributed by atoms with Gasteiger partial charge in [0.25, 0.3) is 0 Å². The van der Waals surface area contributed by atoms with Gasteiger partial charge in [0.2, 0.25) is 0 Å². The summed E-state index contributed by atoms with van der Waals surface area (Å²) >= 11 is 0. The summed E-state index contributed by atoms with van der Waals surface area (Å²) in [6, 6.07) is 59.5. The molecule has 250 valence electrons. The molecule has 11 aromatic rings. The normalized spacial score (nSPS) is 12.1. The third-order valence-electron chi connectivity index (χ3n) is 11.3. The molecule has 0 bridgehead atoms. The fraction of sp³-hybridized carbons (Fsp3) is 0. The number of para-hydroxylation sites is 3. The number of benzene rings is 7. The van der Waals surface area contributed by atoms with E-state index < -0.39 is 0 Å². The van der Waals surface area contributed by atoms with Crippen LogP contribution in [0.25, 0.3) is 110 Å². The summed E-state index contributed by atoms with van der Waals surface area (Å²) in [4.78, 5) is 9.56. The molecule has 4 aromatic heterocycles. The Hall–Kier alpha value is -7.30. The third-order valence-corrected chi connectivity index (χ3v) is 11.3. The minimum Gasteiger partial charge on any atom is -0.309 e. The van der Waals surface area contributed by atoms with Gasteiger partial charge in [0.1, 0.15) is 0 Å². The van der Waals surface area contributed by atoms with E-state index in [0.29, 0.717) is 0 Å². The predicted molar refractivity (Wildman–Crippen MR) is 224 cm³/mol. The Morgan fingerprint density at radius 3 is 1.56 bits per heavy atom. The molecule has 1 aliphatic rings. The summed E-state index contributed by atoms with van der Waals surface area (Å²) in [6.45, 7) is 0. The maximum absolute atomic E-state index is 5.04. The molecule has 0 radical (unpaired) electrons. The van der Waals surface area contributed by atoms with Crippen molar-refractivity contribution in [1.82, 2.24) is 19.1 Å². The van der Waals surface area contributed by atoms with Gasteiger partial charge in [-0.1, -0.05) is 91.0 Å². The second-order valence-electron chi connectivity index (χ2n) is 14.3. The maximum Gasteiger partial charge on any atom is 0.0802 e. The minimum atomic E-state index is 1.01. The molecule has 12 rings (SSSR count). The van der Waals surface area contributed by atoms with Gasteiger partial charge in [0, 0.05) is 79.0 Å². The molecule has 0 saturated carbocycles. The lowest BCUT2D eigenvalue weighted by Crippen LogP contribution is -1.93. The van der Waals surface area contributed by atoms with Gasteiger partial charge < -0.3 is 9.13 Å². The van der Waals surface area contributed by atoms with Crippen molar-refractivity contribution in [2.75, 3.05) is 0 Å². The molecule has 0 fully saturated rings. The largest absolute Gasteiger partial charge is 0.309 e. The quantitative estimate of drug-likeness (QED) is 0.185. The number of nitrogens with zero attached hydrogens (tertiary/aromatic N) is 4. The van der Waals surface area contributed by atoms with Crippen LogP contribution in [0.15, 0.2) is 182 Å². The van der Waals surface area contributed by atoms with E-state index in [4.69, 9.17) is 4.98 Å². The van der Waals surface area contributed by atoms with Crippen molar-refractivity contribution in [1.29, 1.82) is 0 Å². The zero-order valence-corrected chi connectivity index (χ0v) is 29.1. The average Bonchev–Trinajstić information content (AvgIpc) is 3.87. The molecule has 54 heavy (non-hydrogen) atoms. The van der Waals surface area contributed by atoms with Gasteiger partial charge in [-0.15, -0.1) is 0 Å². The highest BCUT2D eigenvalue weighted by molar-refractivity contribution is 6.15. The number of hydrogen-bond acceptors (Lipinski definition) is 2. The van der Waals surface area contributed by atoms with Gasteiger partial charge in [-0.3, -0.25) is 9.97 Å². The van der Waals surface area contributed by atoms with Crippen LogP contribution in [-0.2, 0) is 0 Å². The number of hydrogen-bond donors (Lipinski definition) is 0. The Kier molecular flexibility index (Phi) is 6.02. The topological polar surface area (TPSA) is 35.6 Å². The molecule has 0 amide bonds. The van der Waals surface area contributed by atoms with E-state index in [1.165, 1.54) is 76.9 Å². The molecule has 1 aliphatic carbocycles. The second-order valence-corrected chi connectivity index (χ2v) is 14.3. The molecule has 0 N–H and O–H groups in total. The molecule has 4 heterocycles. The number of aromatic nitrogens is 4. The molecule has 0 aliphatic heterocycles. The van der Waals surface area contributed by atoms with Gasteiger partial charge in [-0.2, -0.15) is 0 Å². The zero-order valence-electron chi connectivity index (χ0n) is 29.1. The number of rotatable bonds is 4. The highest BCUT2D eigenvalue weighted by Crippen LogP contribution is 2.47. The highest BCUT2D eigenvalue weighted by Gasteiger charge is 2.24. The smallest absolute Gasteiger partial charge is 0.0802 e. The fourth-order valence-corrected chi connectivity index (χ4v) is 8.93. The Morgan fingerprint density at radius 1 is 0.352 bits per heavy atom. The maximum atomic E-state index is 5.04. The SMILES string of the molecule is c1ccc(-n2c3ccccc3c3cc(-c4ccc5c(c4)c4cc(-c6cnc7c(c6)-c6cccc8cncc-7c68)ccc4n5-c4ccccc4)ccc32)cc1. The molecule has 0 unspecified atom stereocenters. The first kappa shape index (κ1) is 29.3. The van der Waals surface area contributed by atoms with Crippen LogP contribution in [0.2, 0.25) is 0 Å². The lowest BCUT2D eigenvalue weighted by atomic mass is 9.98. The van der Waals surface area contributed by atoms with Gasteiger partial charge in [-0.25, -0.2) is 0 Å². The molecular weight excluding hydrogens is 657 g/mol. The first-order valence-electron chi connectivity index (χ1n) is 18.4. The van der Waals surface area contributed by atoms with Crippen LogP contribution in [-0.4, -0.2) is 19.1 Å². The van der Waals surface area contributed by atoms with Gasteiger partial charge in [0.05, 0.1) is 27.8 Å². The Balaban J connectivity index is 1.05. The summed E-state index contributed by atoms with van der Waals surface area (Å²) in [7, 11) is 0. The van der Waals surface area contributed by atoms with Gasteiger partial charge in [-0.05, 0) is 95.1 Å². The van der Waals surface area contributed by atoms with Crippen LogP contribution < -0.4 is 0 Å². The standard InChI is InChI=1S/C50H30N4/c1-3-11-36(12-4-1)53-45-17-8-7-15-38(45)40-24-31(18-21-46(40)53)32-19-22-47-41(25-32)42-26-33(20-23-48(42)54(47)37-13-5-2-6-14-37)35-27-43-39-16-9-10-34-28-51-30-44(49(34)39)50(43)52-29-35/h1-30H. The lowest BCUT2D eigenvalue weighted by molar-refractivity contribution is 1.18. The monoisotopic (exact) mass is 686 g/mol. The molecule has 4 heteroatoms. The van der Waals surface area contributed by atoms with Crippen molar-refractivity contribution in [2.45, 2.75) is 0 Å². The lowest BCUT2D eigenvalue weighted by Gasteiger charge is -2.09. The molecule has 0 atom stereocenters. The van der Waals surface area contributed by atoms with Crippen LogP contribution >= 0.6 is 0 Å². The average molecular weight is 687 g/mol. The van der Waals surface area contributed by atoms with Crippen LogP contribution in [0.5, 0.6) is 0 Å². The molecular formula is C50H30N4. The van der Waals surface area contributed by atoms with Crippen LogP contribution in [0.4, 0.5) is 0 Å². The summed E-state index contributed by atoms with van der Waals surface area (Å²) < 4.78 is 4.76. The van der Waals surface area contributed by atoms with Crippen molar-refractivity contribution in [3.8, 4) is 56.0 Å². The van der Waals surface area contributed by atoms with E-state index >= 15 is 0 Å². The Bertz CT molecular complexity index is 3310. The van der Waals surface area contributed by atoms with E-state index in [1.54, 1.807) is 0 Å². The van der Waals surface area contributed by atoms with Gasteiger partial charge >= 0.3 is 0 Å². The number of pyridine rings is 2. The summed E-state index contributed by atoms with van der Waals surface area (Å²) in [5.74, 6) is 0. The second kappa shape index (κ2) is 11.1. The van der Waals surface area contributed by atoms with E-state index in [9.17, 15) is 0 Å². The zero-order chi connectivity index (χ0) is 35.3. The summed E-state index contributed by atoms with van der Waals surface area (Å²) in [5, 5.41) is 7.32. The number of fused-ring (bicyclic) bond motifs is 9. The van der Waals surface area contributed by atoms with E-state index in [1.807, 2.05) is 18.6 Å². The molecule has 0 saturated heterocycles. The van der Waals surface area contributed by atoms with Crippen LogP contribution in [0.3, 0.4) is 0 Å². The van der Waals surface area contributed by atoms with E-state index in [2.05, 4.69) is 178 Å². The van der Waals surface area contributed by atoms with Crippen molar-refractivity contribution < 1.29 is 0 Å². The Labute approximate surface area is 310 Å². The highest BCUT2D eigenvalue weighted by atomic mass is 15.0. The van der Waals surface area contributed by atoms with Crippen LogP contribution in [0, 0.1) is 0 Å². The van der Waals surface area contributed by atoms with Crippen LogP contribution in [0.1, 0.15) is 0 Å². The van der Waals surface area contributed by atoms with Gasteiger partial charge in [0.15, 0.2) is 0 Å². The Morgan fingerprint density at radius 2 is 0.907 bits per heavy atom. The first-order valence-corrected chi connectivity index (χ1v) is 18.4. The first-order chi connectivity index (χ1) is 26.8. The van der Waals surface area contributed by atoms with Crippen molar-refractivity contribution in [3.63, 3.8) is 0 Å². The third kappa shape index (κ3) is 4.13. The molecule has 0 spiro atoms. The predicted octanol–water partition coefficient (Wildman–Crippen LogP) is 12.8. The molecule has 7 aromatic carbocycles. The summed E-state index contributed by atoms with van der Waals surface area (Å²) in [6.07, 6.45) is 5.92. The van der Waals surface area contributed by atoms with E-state index in [0.717, 1.165) is 33.5 Å². The minimum absolute atomic E-state index is 1.01. The van der Waals surface area contributed by atoms with Crippen molar-refractivity contribution >= 4 is 54.4 Å².